The molecule has 0 spiro atoms. The van der Waals surface area contributed by atoms with Crippen molar-refractivity contribution in [3.05, 3.63) is 66.5 Å². The molecule has 2 aromatic heterocycles. The van der Waals surface area contributed by atoms with Gasteiger partial charge in [0.2, 0.25) is 10.0 Å². The molecular weight excluding hydrogens is 429 g/mol. The molecule has 1 aliphatic rings. The molecule has 1 aromatic carbocycles. The summed E-state index contributed by atoms with van der Waals surface area (Å²) in [5.41, 5.74) is 1.00. The fourth-order valence-corrected chi connectivity index (χ4v) is 5.03. The number of halogens is 3. The van der Waals surface area contributed by atoms with Crippen molar-refractivity contribution < 1.29 is 21.6 Å². The first-order valence-corrected chi connectivity index (χ1v) is 11.2. The van der Waals surface area contributed by atoms with Crippen LogP contribution in [0.5, 0.6) is 0 Å². The number of nitrogens with one attached hydrogen (secondary N) is 2. The summed E-state index contributed by atoms with van der Waals surface area (Å²) < 4.78 is 65.3. The zero-order chi connectivity index (χ0) is 22.1. The van der Waals surface area contributed by atoms with Gasteiger partial charge in [-0.1, -0.05) is 12.1 Å². The van der Waals surface area contributed by atoms with E-state index >= 15 is 0 Å². The number of aromatic amines is 1. The second kappa shape index (κ2) is 8.35. The SMILES string of the molecule is O=S(=O)(c1ccc(-c2ccc[nH]2)cc1)N1CCC(Nc2ccc(C(F)(F)F)cn2)CC1. The van der Waals surface area contributed by atoms with E-state index in [0.29, 0.717) is 31.7 Å². The molecule has 4 rings (SSSR count). The number of hydrogen-bond donors (Lipinski definition) is 2. The topological polar surface area (TPSA) is 78.1 Å². The van der Waals surface area contributed by atoms with Gasteiger partial charge < -0.3 is 10.3 Å². The van der Waals surface area contributed by atoms with Crippen LogP contribution in [0.2, 0.25) is 0 Å². The summed E-state index contributed by atoms with van der Waals surface area (Å²) in [5, 5.41) is 3.09. The standard InChI is InChI=1S/C21H21F3N4O2S/c22-21(23,24)16-5-8-20(26-14-16)27-17-9-12-28(13-10-17)31(29,30)18-6-3-15(4-7-18)19-2-1-11-25-19/h1-8,11,14,17,25H,9-10,12-13H2,(H,26,27). The van der Waals surface area contributed by atoms with Gasteiger partial charge in [-0.25, -0.2) is 13.4 Å². The van der Waals surface area contributed by atoms with Gasteiger partial charge in [-0.15, -0.1) is 0 Å². The minimum Gasteiger partial charge on any atom is -0.367 e. The second-order valence-corrected chi connectivity index (χ2v) is 9.30. The number of piperidine rings is 1. The molecule has 0 radical (unpaired) electrons. The monoisotopic (exact) mass is 450 g/mol. The maximum atomic E-state index is 13.0. The Bertz CT molecular complexity index is 1100. The lowest BCUT2D eigenvalue weighted by molar-refractivity contribution is -0.137. The lowest BCUT2D eigenvalue weighted by Gasteiger charge is -2.32. The van der Waals surface area contributed by atoms with Gasteiger partial charge in [0.15, 0.2) is 0 Å². The molecule has 164 valence electrons. The summed E-state index contributed by atoms with van der Waals surface area (Å²) in [6, 6.07) is 12.7. The van der Waals surface area contributed by atoms with E-state index in [9.17, 15) is 21.6 Å². The summed E-state index contributed by atoms with van der Waals surface area (Å²) in [7, 11) is -3.61. The second-order valence-electron chi connectivity index (χ2n) is 7.36. The number of benzene rings is 1. The average molecular weight is 450 g/mol. The predicted molar refractivity (Wildman–Crippen MR) is 111 cm³/mol. The number of rotatable bonds is 5. The molecule has 31 heavy (non-hydrogen) atoms. The number of aromatic nitrogens is 2. The first kappa shape index (κ1) is 21.4. The Kier molecular flexibility index (Phi) is 5.76. The fraction of sp³-hybridized carbons (Fsp3) is 0.286. The zero-order valence-electron chi connectivity index (χ0n) is 16.4. The van der Waals surface area contributed by atoms with Crippen molar-refractivity contribution in [1.29, 1.82) is 0 Å². The van der Waals surface area contributed by atoms with Gasteiger partial charge in [0.25, 0.3) is 0 Å². The first-order chi connectivity index (χ1) is 14.7. The molecule has 10 heteroatoms. The molecule has 3 heterocycles. The van der Waals surface area contributed by atoms with E-state index in [1.54, 1.807) is 30.5 Å². The Balaban J connectivity index is 1.36. The molecule has 1 saturated heterocycles. The van der Waals surface area contributed by atoms with Gasteiger partial charge in [-0.3, -0.25) is 0 Å². The van der Waals surface area contributed by atoms with Crippen LogP contribution in [0.1, 0.15) is 18.4 Å². The van der Waals surface area contributed by atoms with Crippen LogP contribution in [0.3, 0.4) is 0 Å². The normalized spacial score (nSPS) is 16.4. The molecule has 1 fully saturated rings. The Morgan fingerprint density at radius 1 is 1.03 bits per heavy atom. The van der Waals surface area contributed by atoms with Crippen molar-refractivity contribution in [2.24, 2.45) is 0 Å². The highest BCUT2D eigenvalue weighted by atomic mass is 32.2. The number of sulfonamides is 1. The van der Waals surface area contributed by atoms with Crippen LogP contribution < -0.4 is 5.32 Å². The highest BCUT2D eigenvalue weighted by Crippen LogP contribution is 2.29. The zero-order valence-corrected chi connectivity index (χ0v) is 17.2. The number of nitrogens with zero attached hydrogens (tertiary/aromatic N) is 2. The lowest BCUT2D eigenvalue weighted by Crippen LogP contribution is -2.42. The minimum absolute atomic E-state index is 0.0639. The highest BCUT2D eigenvalue weighted by molar-refractivity contribution is 7.89. The largest absolute Gasteiger partial charge is 0.417 e. The molecule has 6 nitrogen and oxygen atoms in total. The molecule has 0 amide bonds. The number of alkyl halides is 3. The number of pyridine rings is 1. The molecule has 0 aliphatic carbocycles. The van der Waals surface area contributed by atoms with Crippen LogP contribution in [0, 0.1) is 0 Å². The van der Waals surface area contributed by atoms with E-state index in [2.05, 4.69) is 15.3 Å². The van der Waals surface area contributed by atoms with Crippen LogP contribution in [0.25, 0.3) is 11.3 Å². The van der Waals surface area contributed by atoms with Crippen LogP contribution in [0.15, 0.2) is 65.8 Å². The summed E-state index contributed by atoms with van der Waals surface area (Å²) in [6.07, 6.45) is -0.771. The maximum Gasteiger partial charge on any atom is 0.417 e. The third-order valence-electron chi connectivity index (χ3n) is 5.30. The molecule has 0 bridgehead atoms. The number of hydrogen-bond acceptors (Lipinski definition) is 4. The molecular formula is C21H21F3N4O2S. The Labute approximate surface area is 178 Å². The van der Waals surface area contributed by atoms with Gasteiger partial charge in [-0.05, 0) is 54.8 Å². The van der Waals surface area contributed by atoms with Crippen molar-refractivity contribution in [3.8, 4) is 11.3 Å². The van der Waals surface area contributed by atoms with E-state index in [1.165, 1.54) is 10.4 Å². The van der Waals surface area contributed by atoms with Gasteiger partial charge >= 0.3 is 6.18 Å². The molecule has 1 aliphatic heterocycles. The number of anilines is 1. The molecule has 3 aromatic rings. The van der Waals surface area contributed by atoms with Crippen LogP contribution in [0.4, 0.5) is 19.0 Å². The Hall–Kier alpha value is -2.85. The van der Waals surface area contributed by atoms with Gasteiger partial charge in [0.1, 0.15) is 5.82 Å². The third-order valence-corrected chi connectivity index (χ3v) is 7.21. The molecule has 2 N–H and O–H groups in total. The summed E-state index contributed by atoms with van der Waals surface area (Å²) in [4.78, 5) is 7.14. The fourth-order valence-electron chi connectivity index (χ4n) is 3.56. The van der Waals surface area contributed by atoms with E-state index in [-0.39, 0.29) is 10.9 Å². The van der Waals surface area contributed by atoms with Crippen LogP contribution in [-0.2, 0) is 16.2 Å². The van der Waals surface area contributed by atoms with Gasteiger partial charge in [0.05, 0.1) is 10.5 Å². The molecule has 0 unspecified atom stereocenters. The predicted octanol–water partition coefficient (Wildman–Crippen LogP) is 4.36. The molecule has 0 atom stereocenters. The lowest BCUT2D eigenvalue weighted by atomic mass is 10.1. The van der Waals surface area contributed by atoms with Gasteiger partial charge in [-0.2, -0.15) is 17.5 Å². The quantitative estimate of drug-likeness (QED) is 0.606. The summed E-state index contributed by atoms with van der Waals surface area (Å²) in [5.74, 6) is 0.342. The Morgan fingerprint density at radius 3 is 2.29 bits per heavy atom. The van der Waals surface area contributed by atoms with Crippen LogP contribution in [-0.4, -0.2) is 41.8 Å². The van der Waals surface area contributed by atoms with Gasteiger partial charge in [0, 0.05) is 37.2 Å². The maximum absolute atomic E-state index is 13.0. The highest BCUT2D eigenvalue weighted by Gasteiger charge is 2.31. The first-order valence-electron chi connectivity index (χ1n) is 9.77. The van der Waals surface area contributed by atoms with Crippen molar-refractivity contribution in [2.45, 2.75) is 30.0 Å². The average Bonchev–Trinajstić information content (AvgIpc) is 3.29. The van der Waals surface area contributed by atoms with E-state index < -0.39 is 21.8 Å². The van der Waals surface area contributed by atoms with Crippen molar-refractivity contribution >= 4 is 15.8 Å². The Morgan fingerprint density at radius 2 is 1.74 bits per heavy atom. The van der Waals surface area contributed by atoms with Crippen molar-refractivity contribution in [1.82, 2.24) is 14.3 Å². The summed E-state index contributed by atoms with van der Waals surface area (Å²) >= 11 is 0. The third kappa shape index (κ3) is 4.75. The number of H-pyrrole nitrogens is 1. The summed E-state index contributed by atoms with van der Waals surface area (Å²) in [6.45, 7) is 0.637. The van der Waals surface area contributed by atoms with E-state index in [0.717, 1.165) is 23.5 Å². The van der Waals surface area contributed by atoms with E-state index in [1.807, 2.05) is 12.1 Å². The van der Waals surface area contributed by atoms with Crippen molar-refractivity contribution in [3.63, 3.8) is 0 Å². The van der Waals surface area contributed by atoms with Crippen LogP contribution >= 0.6 is 0 Å². The minimum atomic E-state index is -4.43. The molecule has 0 saturated carbocycles. The smallest absolute Gasteiger partial charge is 0.367 e. The van der Waals surface area contributed by atoms with E-state index in [4.69, 9.17) is 0 Å². The van der Waals surface area contributed by atoms with Crippen molar-refractivity contribution in [2.75, 3.05) is 18.4 Å².